The lowest BCUT2D eigenvalue weighted by Crippen LogP contribution is -2.37. The molecule has 0 aliphatic rings. The minimum Gasteiger partial charge on any atom is -0.303 e. The van der Waals surface area contributed by atoms with E-state index in [0.29, 0.717) is 16.0 Å². The average Bonchev–Trinajstić information content (AvgIpc) is 2.42. The monoisotopic (exact) mass is 196 g/mol. The fourth-order valence-electron chi connectivity index (χ4n) is 0.823. The lowest BCUT2D eigenvalue weighted by Gasteiger charge is -1.94. The molecule has 0 amide bonds. The first-order valence-corrected chi connectivity index (χ1v) is 3.87. The van der Waals surface area contributed by atoms with Crippen LogP contribution in [0, 0.1) is 0 Å². The number of rotatable bonds is 0. The van der Waals surface area contributed by atoms with E-state index in [0.717, 1.165) is 3.79 Å². The molecule has 0 unspecified atom stereocenters. The summed E-state index contributed by atoms with van der Waals surface area (Å²) in [6.45, 7) is 0. The minimum atomic E-state index is -0.810. The Morgan fingerprint density at radius 1 is 1.38 bits per heavy atom. The Kier molecular flexibility index (Phi) is 1.49. The predicted molar refractivity (Wildman–Crippen MR) is 45.4 cm³/mol. The van der Waals surface area contributed by atoms with Crippen molar-refractivity contribution in [1.82, 2.24) is 18.2 Å². The smallest absolute Gasteiger partial charge is 0.303 e. The molecule has 0 aliphatic heterocycles. The van der Waals surface area contributed by atoms with Gasteiger partial charge in [0.05, 0.1) is 0 Å². The number of nitrogens with one attached hydrogen (secondary N) is 1. The third kappa shape index (κ3) is 1.04. The molecule has 64 valence electrons. The van der Waals surface area contributed by atoms with E-state index in [1.807, 2.05) is 0 Å². The molecule has 0 aliphatic carbocycles. The van der Waals surface area contributed by atoms with Crippen molar-refractivity contribution in [1.29, 1.82) is 0 Å². The largest absolute Gasteiger partial charge is 0.346 e. The second-order valence-electron chi connectivity index (χ2n) is 2.17. The molecule has 2 heterocycles. The summed E-state index contributed by atoms with van der Waals surface area (Å²) in [6, 6.07) is 0. The van der Waals surface area contributed by atoms with Gasteiger partial charge in [-0.05, 0) is 0 Å². The Morgan fingerprint density at radius 2 is 2.08 bits per heavy atom. The van der Waals surface area contributed by atoms with Gasteiger partial charge in [-0.25, -0.2) is 9.59 Å². The second kappa shape index (κ2) is 2.42. The van der Waals surface area contributed by atoms with Crippen molar-refractivity contribution in [3.63, 3.8) is 0 Å². The number of hydrogen-bond acceptors (Lipinski definition) is 5. The molecule has 0 aromatic carbocycles. The molecule has 7 nitrogen and oxygen atoms in total. The van der Waals surface area contributed by atoms with Gasteiger partial charge in [-0.15, -0.1) is 0 Å². The van der Waals surface area contributed by atoms with Crippen molar-refractivity contribution in [3.05, 3.63) is 30.6 Å². The van der Waals surface area contributed by atoms with Gasteiger partial charge in [-0.1, -0.05) is 0 Å². The van der Waals surface area contributed by atoms with Crippen molar-refractivity contribution < 1.29 is 0 Å². The highest BCUT2D eigenvalue weighted by atomic mass is 32.1. The Morgan fingerprint density at radius 3 is 2.77 bits per heavy atom. The standard InChI is InChI=1S/C4HBN4O3S/c5-8-2(10)6-1-7-3(11)13-9(1)4(8)12/h(H,6,7,10,11). The summed E-state index contributed by atoms with van der Waals surface area (Å²) in [4.78, 5) is 37.8. The number of hydrogen-bond donors (Lipinski definition) is 1. The van der Waals surface area contributed by atoms with Crippen molar-refractivity contribution >= 4 is 25.3 Å². The van der Waals surface area contributed by atoms with Crippen LogP contribution in [0.5, 0.6) is 0 Å². The first-order valence-electron chi connectivity index (χ1n) is 3.10. The number of H-pyrrole nitrogens is 1. The third-order valence-electron chi connectivity index (χ3n) is 1.38. The van der Waals surface area contributed by atoms with Crippen molar-refractivity contribution in [2.75, 3.05) is 0 Å². The van der Waals surface area contributed by atoms with E-state index >= 15 is 0 Å². The molecule has 2 radical (unpaired) electrons. The van der Waals surface area contributed by atoms with E-state index in [4.69, 9.17) is 7.98 Å². The predicted octanol–water partition coefficient (Wildman–Crippen LogP) is -2.46. The number of fused-ring (bicyclic) bond motifs is 1. The van der Waals surface area contributed by atoms with Gasteiger partial charge in [0, 0.05) is 11.5 Å². The number of aromatic nitrogens is 4. The molecule has 0 saturated heterocycles. The lowest BCUT2D eigenvalue weighted by molar-refractivity contribution is 0.884. The highest BCUT2D eigenvalue weighted by molar-refractivity contribution is 7.03. The van der Waals surface area contributed by atoms with Gasteiger partial charge in [0.25, 0.3) is 0 Å². The van der Waals surface area contributed by atoms with Crippen LogP contribution >= 0.6 is 11.5 Å². The summed E-state index contributed by atoms with van der Waals surface area (Å²) in [6.07, 6.45) is 0. The van der Waals surface area contributed by atoms with Gasteiger partial charge < -0.3 is 4.48 Å². The van der Waals surface area contributed by atoms with Crippen molar-refractivity contribution in [3.8, 4) is 0 Å². The maximum Gasteiger partial charge on any atom is 0.346 e. The molecule has 2 aromatic rings. The first-order chi connectivity index (χ1) is 6.09. The molecule has 0 atom stereocenters. The van der Waals surface area contributed by atoms with E-state index in [-0.39, 0.29) is 5.78 Å². The quantitative estimate of drug-likeness (QED) is 0.473. The normalized spacial score (nSPS) is 10.8. The van der Waals surface area contributed by atoms with E-state index in [9.17, 15) is 14.4 Å². The molecule has 1 N–H and O–H groups in total. The van der Waals surface area contributed by atoms with E-state index in [2.05, 4.69) is 9.97 Å². The Bertz CT molecular complexity index is 633. The Balaban J connectivity index is 3.19. The summed E-state index contributed by atoms with van der Waals surface area (Å²) >= 11 is 0.568. The zero-order valence-electron chi connectivity index (χ0n) is 6.05. The van der Waals surface area contributed by atoms with E-state index in [1.165, 1.54) is 0 Å². The molecule has 2 aromatic heterocycles. The molecule has 2 rings (SSSR count). The van der Waals surface area contributed by atoms with Gasteiger partial charge in [0.1, 0.15) is 0 Å². The van der Waals surface area contributed by atoms with Crippen LogP contribution in [0.4, 0.5) is 0 Å². The third-order valence-corrected chi connectivity index (χ3v) is 2.14. The fourth-order valence-corrected chi connectivity index (χ4v) is 1.45. The topological polar surface area (TPSA) is 89.2 Å². The van der Waals surface area contributed by atoms with Gasteiger partial charge in [-0.3, -0.25) is 9.78 Å². The molecule has 0 bridgehead atoms. The van der Waals surface area contributed by atoms with Gasteiger partial charge in [-0.2, -0.15) is 8.77 Å². The average molecular weight is 196 g/mol. The maximum atomic E-state index is 11.2. The lowest BCUT2D eigenvalue weighted by atomic mass is 10.4. The highest BCUT2D eigenvalue weighted by Crippen LogP contribution is 1.86. The van der Waals surface area contributed by atoms with E-state index in [1.54, 1.807) is 0 Å². The molecular formula is C4HBN4O3S. The SMILES string of the molecule is [B]n1c(=O)[nH]c2nc(=O)sn2c1=O. The highest BCUT2D eigenvalue weighted by Gasteiger charge is 2.05. The first kappa shape index (κ1) is 7.99. The molecule has 0 saturated carbocycles. The summed E-state index contributed by atoms with van der Waals surface area (Å²) < 4.78 is 1.27. The summed E-state index contributed by atoms with van der Waals surface area (Å²) in [5, 5.41) is 0. The van der Waals surface area contributed by atoms with Crippen LogP contribution < -0.4 is 16.3 Å². The van der Waals surface area contributed by atoms with Crippen LogP contribution in [0.25, 0.3) is 5.78 Å². The zero-order valence-corrected chi connectivity index (χ0v) is 6.87. The molecular weight excluding hydrogens is 195 g/mol. The van der Waals surface area contributed by atoms with Gasteiger partial charge in [0.15, 0.2) is 0 Å². The summed E-state index contributed by atoms with van der Waals surface area (Å²) in [7, 11) is 5.07. The van der Waals surface area contributed by atoms with Crippen LogP contribution in [0.2, 0.25) is 0 Å². The Labute approximate surface area is 74.9 Å². The fraction of sp³-hybridized carbons (Fsp3) is 0. The van der Waals surface area contributed by atoms with Crippen molar-refractivity contribution in [2.24, 2.45) is 0 Å². The zero-order chi connectivity index (χ0) is 9.59. The van der Waals surface area contributed by atoms with E-state index < -0.39 is 16.3 Å². The number of aromatic amines is 1. The molecule has 13 heavy (non-hydrogen) atoms. The Hall–Kier alpha value is -1.64. The van der Waals surface area contributed by atoms with Gasteiger partial charge >= 0.3 is 16.3 Å². The second-order valence-corrected chi connectivity index (χ2v) is 3.07. The minimum absolute atomic E-state index is 0.0910. The summed E-state index contributed by atoms with van der Waals surface area (Å²) in [5.41, 5.74) is -1.60. The van der Waals surface area contributed by atoms with Crippen LogP contribution in [0.1, 0.15) is 0 Å². The van der Waals surface area contributed by atoms with Crippen molar-refractivity contribution in [2.45, 2.75) is 0 Å². The van der Waals surface area contributed by atoms with Gasteiger partial charge in [0.2, 0.25) is 13.8 Å². The number of nitrogens with zero attached hydrogens (tertiary/aromatic N) is 3. The molecule has 0 spiro atoms. The molecule has 9 heteroatoms. The van der Waals surface area contributed by atoms with Crippen LogP contribution in [-0.4, -0.2) is 26.2 Å². The summed E-state index contributed by atoms with van der Waals surface area (Å²) in [5.74, 6) is -0.0910. The van der Waals surface area contributed by atoms with Crippen LogP contribution in [0.3, 0.4) is 0 Å². The van der Waals surface area contributed by atoms with Crippen LogP contribution in [0.15, 0.2) is 14.4 Å². The molecule has 0 fully saturated rings. The maximum absolute atomic E-state index is 11.2. The van der Waals surface area contributed by atoms with Crippen LogP contribution in [-0.2, 0) is 0 Å².